The molecular formula is C13H20N6OS. The second kappa shape index (κ2) is 6.57. The molecule has 0 spiro atoms. The third-order valence-corrected chi connectivity index (χ3v) is 3.58. The van der Waals surface area contributed by atoms with Crippen molar-refractivity contribution in [1.82, 2.24) is 19.2 Å². The summed E-state index contributed by atoms with van der Waals surface area (Å²) in [5.74, 6) is 0.0593. The lowest BCUT2D eigenvalue weighted by Gasteiger charge is -2.16. The van der Waals surface area contributed by atoms with Gasteiger partial charge in [-0.25, -0.2) is 4.98 Å². The maximum atomic E-state index is 12.2. The van der Waals surface area contributed by atoms with E-state index in [0.29, 0.717) is 10.6 Å². The highest BCUT2D eigenvalue weighted by Gasteiger charge is 2.21. The second-order valence-corrected chi connectivity index (χ2v) is 5.98. The van der Waals surface area contributed by atoms with E-state index in [2.05, 4.69) is 20.0 Å². The molecule has 0 aromatic carbocycles. The molecule has 1 amide bonds. The van der Waals surface area contributed by atoms with E-state index in [1.165, 1.54) is 11.5 Å². The predicted octanol–water partition coefficient (Wildman–Crippen LogP) is 1.56. The van der Waals surface area contributed by atoms with E-state index < -0.39 is 0 Å². The third kappa shape index (κ3) is 3.94. The van der Waals surface area contributed by atoms with Crippen molar-refractivity contribution in [2.45, 2.75) is 39.4 Å². The van der Waals surface area contributed by atoms with Gasteiger partial charge in [-0.3, -0.25) is 4.79 Å². The first-order valence-electron chi connectivity index (χ1n) is 6.75. The third-order valence-electron chi connectivity index (χ3n) is 2.79. The summed E-state index contributed by atoms with van der Waals surface area (Å²) in [6, 6.07) is 0.165. The van der Waals surface area contributed by atoms with Crippen LogP contribution in [0, 0.1) is 0 Å². The summed E-state index contributed by atoms with van der Waals surface area (Å²) in [7, 11) is 0. The number of aromatic nitrogens is 3. The predicted molar refractivity (Wildman–Crippen MR) is 84.4 cm³/mol. The molecule has 0 aliphatic rings. The Balaban J connectivity index is 2.08. The number of nitrogens with one attached hydrogen (secondary N) is 2. The minimum atomic E-state index is -0.200. The van der Waals surface area contributed by atoms with Crippen LogP contribution in [-0.2, 0) is 6.54 Å². The van der Waals surface area contributed by atoms with Gasteiger partial charge in [0, 0.05) is 31.0 Å². The smallest absolute Gasteiger partial charge is 0.258 e. The minimum Gasteiger partial charge on any atom is -0.382 e. The number of nitrogen functional groups attached to an aromatic ring is 1. The van der Waals surface area contributed by atoms with Gasteiger partial charge in [-0.1, -0.05) is 0 Å². The molecule has 1 atom stereocenters. The van der Waals surface area contributed by atoms with Crippen molar-refractivity contribution in [1.29, 1.82) is 0 Å². The number of amides is 1. The number of imidazole rings is 1. The largest absolute Gasteiger partial charge is 0.382 e. The van der Waals surface area contributed by atoms with Crippen LogP contribution in [0.1, 0.15) is 31.1 Å². The van der Waals surface area contributed by atoms with Crippen LogP contribution in [0.15, 0.2) is 18.7 Å². The van der Waals surface area contributed by atoms with Crippen molar-refractivity contribution >= 4 is 28.3 Å². The van der Waals surface area contributed by atoms with Crippen molar-refractivity contribution in [3.63, 3.8) is 0 Å². The number of nitrogens with zero attached hydrogens (tertiary/aromatic N) is 3. The maximum Gasteiger partial charge on any atom is 0.258 e. The van der Waals surface area contributed by atoms with Gasteiger partial charge < -0.3 is 20.9 Å². The molecule has 0 bridgehead atoms. The number of hydrogen-bond donors (Lipinski definition) is 3. The monoisotopic (exact) mass is 308 g/mol. The van der Waals surface area contributed by atoms with Crippen LogP contribution in [-0.4, -0.2) is 31.9 Å². The second-order valence-electron chi connectivity index (χ2n) is 5.20. The molecule has 2 heterocycles. The molecule has 7 nitrogen and oxygen atoms in total. The summed E-state index contributed by atoms with van der Waals surface area (Å²) in [5.41, 5.74) is 6.24. The van der Waals surface area contributed by atoms with Crippen LogP contribution in [0.25, 0.3) is 0 Å². The van der Waals surface area contributed by atoms with Crippen molar-refractivity contribution in [3.05, 3.63) is 24.3 Å². The van der Waals surface area contributed by atoms with Gasteiger partial charge in [0.2, 0.25) is 0 Å². The topological polar surface area (TPSA) is 97.9 Å². The highest BCUT2D eigenvalue weighted by Crippen LogP contribution is 2.27. The van der Waals surface area contributed by atoms with Crippen LogP contribution < -0.4 is 16.4 Å². The van der Waals surface area contributed by atoms with Gasteiger partial charge in [0.1, 0.15) is 10.6 Å². The van der Waals surface area contributed by atoms with Crippen LogP contribution in [0.4, 0.5) is 10.8 Å². The first kappa shape index (κ1) is 15.3. The normalized spacial score (nSPS) is 12.4. The fraction of sp³-hybridized carbons (Fsp3) is 0.462. The number of nitrogens with two attached hydrogens (primary N) is 1. The Morgan fingerprint density at radius 3 is 2.86 bits per heavy atom. The molecule has 0 aliphatic carbocycles. The number of carbonyl (C=O) groups excluding carboxylic acids is 1. The molecule has 4 N–H and O–H groups in total. The number of rotatable bonds is 6. The molecule has 1 unspecified atom stereocenters. The van der Waals surface area contributed by atoms with E-state index >= 15 is 0 Å². The summed E-state index contributed by atoms with van der Waals surface area (Å²) in [4.78, 5) is 16.2. The van der Waals surface area contributed by atoms with Crippen LogP contribution in [0.2, 0.25) is 0 Å². The SMILES string of the molecule is CC(C)NC(=O)c1c(N)nsc1NC(C)Cn1ccnc1. The average molecular weight is 308 g/mol. The Morgan fingerprint density at radius 1 is 1.48 bits per heavy atom. The van der Waals surface area contributed by atoms with Crippen molar-refractivity contribution in [2.24, 2.45) is 0 Å². The lowest BCUT2D eigenvalue weighted by Crippen LogP contribution is -2.31. The highest BCUT2D eigenvalue weighted by atomic mass is 32.1. The lowest BCUT2D eigenvalue weighted by molar-refractivity contribution is 0.0945. The number of anilines is 2. The zero-order chi connectivity index (χ0) is 15.4. The van der Waals surface area contributed by atoms with E-state index in [1.54, 1.807) is 12.5 Å². The molecule has 0 aliphatic heterocycles. The Labute approximate surface area is 127 Å². The number of hydrogen-bond acceptors (Lipinski definition) is 6. The average Bonchev–Trinajstić information content (AvgIpc) is 2.98. The van der Waals surface area contributed by atoms with Crippen molar-refractivity contribution in [3.8, 4) is 0 Å². The van der Waals surface area contributed by atoms with Gasteiger partial charge in [0.05, 0.1) is 6.33 Å². The van der Waals surface area contributed by atoms with Gasteiger partial charge >= 0.3 is 0 Å². The van der Waals surface area contributed by atoms with Gasteiger partial charge in [-0.2, -0.15) is 4.37 Å². The Kier molecular flexibility index (Phi) is 4.79. The summed E-state index contributed by atoms with van der Waals surface area (Å²) in [6.07, 6.45) is 5.39. The van der Waals surface area contributed by atoms with E-state index in [1.807, 2.05) is 31.5 Å². The Hall–Kier alpha value is -2.09. The van der Waals surface area contributed by atoms with Gasteiger partial charge in [0.15, 0.2) is 5.82 Å². The van der Waals surface area contributed by atoms with Crippen molar-refractivity contribution < 1.29 is 4.79 Å². The molecule has 2 aromatic rings. The van der Waals surface area contributed by atoms with Gasteiger partial charge in [-0.15, -0.1) is 0 Å². The van der Waals surface area contributed by atoms with Crippen LogP contribution in [0.3, 0.4) is 0 Å². The van der Waals surface area contributed by atoms with Crippen molar-refractivity contribution in [2.75, 3.05) is 11.1 Å². The number of carbonyl (C=O) groups is 1. The molecule has 2 aromatic heterocycles. The molecule has 2 rings (SSSR count). The fourth-order valence-corrected chi connectivity index (χ4v) is 2.76. The highest BCUT2D eigenvalue weighted by molar-refractivity contribution is 7.11. The van der Waals surface area contributed by atoms with E-state index in [0.717, 1.165) is 6.54 Å². The minimum absolute atomic E-state index is 0.0491. The molecule has 0 radical (unpaired) electrons. The Morgan fingerprint density at radius 2 is 2.24 bits per heavy atom. The standard InChI is InChI=1S/C13H20N6OS/c1-8(2)16-12(20)10-11(14)18-21-13(10)17-9(3)6-19-5-4-15-7-19/h4-5,7-9,17H,6H2,1-3H3,(H2,14,18)(H,16,20). The van der Waals surface area contributed by atoms with Crippen LogP contribution in [0.5, 0.6) is 0 Å². The Bertz CT molecular complexity index is 592. The molecule has 0 fully saturated rings. The van der Waals surface area contributed by atoms with Gasteiger partial charge in [-0.05, 0) is 32.3 Å². The van der Waals surface area contributed by atoms with E-state index in [4.69, 9.17) is 5.73 Å². The first-order valence-corrected chi connectivity index (χ1v) is 7.53. The molecule has 114 valence electrons. The molecule has 0 saturated heterocycles. The quantitative estimate of drug-likeness (QED) is 0.752. The molecule has 8 heteroatoms. The molecule has 0 saturated carbocycles. The molecule has 21 heavy (non-hydrogen) atoms. The summed E-state index contributed by atoms with van der Waals surface area (Å²) >= 11 is 1.20. The first-order chi connectivity index (χ1) is 9.97. The summed E-state index contributed by atoms with van der Waals surface area (Å²) in [5, 5.41) is 6.82. The van der Waals surface area contributed by atoms with Crippen LogP contribution >= 0.6 is 11.5 Å². The summed E-state index contributed by atoms with van der Waals surface area (Å²) in [6.45, 7) is 6.58. The van der Waals surface area contributed by atoms with E-state index in [-0.39, 0.29) is 23.8 Å². The lowest BCUT2D eigenvalue weighted by atomic mass is 10.2. The zero-order valence-electron chi connectivity index (χ0n) is 12.3. The van der Waals surface area contributed by atoms with E-state index in [9.17, 15) is 4.79 Å². The summed E-state index contributed by atoms with van der Waals surface area (Å²) < 4.78 is 6.04. The maximum absolute atomic E-state index is 12.2. The fourth-order valence-electron chi connectivity index (χ4n) is 1.94. The van der Waals surface area contributed by atoms with Gasteiger partial charge in [0.25, 0.3) is 5.91 Å². The molecular weight excluding hydrogens is 288 g/mol. The zero-order valence-corrected chi connectivity index (χ0v) is 13.1.